The van der Waals surface area contributed by atoms with E-state index in [9.17, 15) is 1.37 Å². The van der Waals surface area contributed by atoms with E-state index in [-0.39, 0.29) is 0 Å². The van der Waals surface area contributed by atoms with Gasteiger partial charge in [-0.2, -0.15) is 0 Å². The quantitative estimate of drug-likeness (QED) is 0.173. The van der Waals surface area contributed by atoms with Crippen molar-refractivity contribution in [2.24, 2.45) is 0 Å². The van der Waals surface area contributed by atoms with Crippen LogP contribution in [0.4, 0.5) is 11.6 Å². The molecule has 0 aliphatic carbocycles. The van der Waals surface area contributed by atoms with Crippen molar-refractivity contribution in [2.75, 3.05) is 4.67 Å². The van der Waals surface area contributed by atoms with Crippen LogP contribution >= 0.6 is 19.4 Å². The van der Waals surface area contributed by atoms with Crippen molar-refractivity contribution in [1.82, 2.24) is 9.97 Å². The molecule has 0 radical (unpaired) electrons. The predicted molar refractivity (Wildman–Crippen MR) is 220 cm³/mol. The normalized spacial score (nSPS) is 14.6. The zero-order chi connectivity index (χ0) is 35.2. The van der Waals surface area contributed by atoms with Gasteiger partial charge in [0.25, 0.3) is 0 Å². The maximum absolute atomic E-state index is 9.84. The molecule has 51 heavy (non-hydrogen) atoms. The molecule has 10 aromatic rings. The number of anilines is 2. The summed E-state index contributed by atoms with van der Waals surface area (Å²) in [4.78, 5) is 11.0. The van der Waals surface area contributed by atoms with E-state index >= 15 is 0 Å². The van der Waals surface area contributed by atoms with Crippen molar-refractivity contribution < 1.29 is 2.74 Å². The molecule has 238 valence electrons. The van der Waals surface area contributed by atoms with Gasteiger partial charge in [-0.3, -0.25) is 4.67 Å². The number of nitrogens with zero attached hydrogens (tertiary/aromatic N) is 3. The molecule has 0 spiro atoms. The Morgan fingerprint density at radius 2 is 1.22 bits per heavy atom. The maximum atomic E-state index is 9.84. The topological polar surface area (TPSA) is 29.0 Å². The Kier molecular flexibility index (Phi) is 5.95. The third kappa shape index (κ3) is 4.28. The summed E-state index contributed by atoms with van der Waals surface area (Å²) in [5.74, 6) is 0.604. The van der Waals surface area contributed by atoms with Gasteiger partial charge in [0.05, 0.1) is 32.4 Å². The van der Waals surface area contributed by atoms with Crippen LogP contribution < -0.4 is 15.3 Å². The van der Waals surface area contributed by atoms with Crippen molar-refractivity contribution in [3.8, 4) is 22.4 Å². The van der Waals surface area contributed by atoms with Crippen LogP contribution in [0.3, 0.4) is 0 Å². The van der Waals surface area contributed by atoms with Gasteiger partial charge in [0.2, 0.25) is 5.95 Å². The van der Waals surface area contributed by atoms with Crippen LogP contribution in [0.2, 0.25) is 0 Å². The predicted octanol–water partition coefficient (Wildman–Crippen LogP) is 12.1. The minimum Gasteiger partial charge on any atom is -0.278 e. The number of hydrogen-bond donors (Lipinski definition) is 0. The fourth-order valence-electron chi connectivity index (χ4n) is 7.82. The summed E-state index contributed by atoms with van der Waals surface area (Å²) >= 11 is 1.81. The monoisotopic (exact) mass is 687 g/mol. The van der Waals surface area contributed by atoms with Crippen molar-refractivity contribution in [3.63, 3.8) is 0 Å². The Morgan fingerprint density at radius 3 is 2.06 bits per heavy atom. The van der Waals surface area contributed by atoms with Crippen molar-refractivity contribution in [1.29, 1.82) is 0 Å². The van der Waals surface area contributed by atoms with Gasteiger partial charge in [0, 0.05) is 48.2 Å². The highest BCUT2D eigenvalue weighted by molar-refractivity contribution is 7.75. The van der Waals surface area contributed by atoms with Crippen molar-refractivity contribution >= 4 is 94.3 Å². The van der Waals surface area contributed by atoms with E-state index in [4.69, 9.17) is 11.3 Å². The van der Waals surface area contributed by atoms with E-state index < -0.39 is 8.07 Å². The van der Waals surface area contributed by atoms with Gasteiger partial charge >= 0.3 is 0 Å². The molecule has 0 fully saturated rings. The maximum Gasteiger partial charge on any atom is 0.235 e. The van der Waals surface area contributed by atoms with Gasteiger partial charge in [-0.25, -0.2) is 9.97 Å². The summed E-state index contributed by atoms with van der Waals surface area (Å²) < 4.78 is 23.6. The van der Waals surface area contributed by atoms with E-state index in [1.807, 2.05) is 53.8 Å². The van der Waals surface area contributed by atoms with Crippen molar-refractivity contribution in [3.05, 3.63) is 170 Å². The number of fused-ring (bicyclic) bond motifs is 13. The Bertz CT molecular complexity index is 3110. The first kappa shape index (κ1) is 26.9. The average molecular weight is 688 g/mol. The van der Waals surface area contributed by atoms with Gasteiger partial charge in [0.15, 0.2) is 0 Å². The fraction of sp³-hybridized carbons (Fsp3) is 0. The van der Waals surface area contributed by atoms with Gasteiger partial charge in [0.1, 0.15) is 0 Å². The fourth-order valence-corrected chi connectivity index (χ4v) is 11.6. The molecular formula is C46H28N3PS. The van der Waals surface area contributed by atoms with Crippen LogP contribution in [0.25, 0.3) is 75.0 Å². The second-order valence-electron chi connectivity index (χ2n) is 12.8. The largest absolute Gasteiger partial charge is 0.278 e. The lowest BCUT2D eigenvalue weighted by Gasteiger charge is -2.40. The summed E-state index contributed by atoms with van der Waals surface area (Å²) in [7, 11) is -1.44. The SMILES string of the molecule is [2H]c1cc2c([2H])cccc2c2c1P(c1ccccc1)N(c1nc(-c3ccccc3)c3ccccc3n1)c1c-2c2ccccc2c2c1sc1ccccc12. The third-order valence-corrected chi connectivity index (χ3v) is 13.5. The van der Waals surface area contributed by atoms with Crippen LogP contribution in [0.1, 0.15) is 2.74 Å². The lowest BCUT2D eigenvalue weighted by Crippen LogP contribution is -2.31. The zero-order valence-corrected chi connectivity index (χ0v) is 28.9. The molecule has 11 rings (SSSR count). The lowest BCUT2D eigenvalue weighted by molar-refractivity contribution is 1.17. The minimum atomic E-state index is -1.44. The molecule has 5 heteroatoms. The van der Waals surface area contributed by atoms with Gasteiger partial charge in [-0.05, 0) is 33.7 Å². The molecule has 1 unspecified atom stereocenters. The summed E-state index contributed by atoms with van der Waals surface area (Å²) in [6, 6.07) is 55.3. The molecule has 2 aromatic heterocycles. The number of benzene rings is 8. The van der Waals surface area contributed by atoms with E-state index in [1.54, 1.807) is 0 Å². The summed E-state index contributed by atoms with van der Waals surface area (Å²) in [6.07, 6.45) is 0. The van der Waals surface area contributed by atoms with Crippen LogP contribution in [-0.2, 0) is 0 Å². The summed E-state index contributed by atoms with van der Waals surface area (Å²) in [5, 5.41) is 9.53. The van der Waals surface area contributed by atoms with Gasteiger partial charge < -0.3 is 0 Å². The molecule has 1 aliphatic heterocycles. The van der Waals surface area contributed by atoms with Crippen molar-refractivity contribution in [2.45, 2.75) is 0 Å². The van der Waals surface area contributed by atoms with Gasteiger partial charge in [-0.15, -0.1) is 11.3 Å². The van der Waals surface area contributed by atoms with Crippen LogP contribution in [-0.4, -0.2) is 9.97 Å². The van der Waals surface area contributed by atoms with E-state index in [0.29, 0.717) is 18.0 Å². The smallest absolute Gasteiger partial charge is 0.235 e. The second kappa shape index (κ2) is 11.3. The third-order valence-electron chi connectivity index (χ3n) is 9.96. The van der Waals surface area contributed by atoms with Gasteiger partial charge in [-0.1, -0.05) is 158 Å². The first-order valence-electron chi connectivity index (χ1n) is 18.0. The molecule has 0 amide bonds. The highest BCUT2D eigenvalue weighted by Gasteiger charge is 2.39. The Morgan fingerprint density at radius 1 is 0.549 bits per heavy atom. The Balaban J connectivity index is 1.39. The molecule has 0 saturated heterocycles. The number of para-hydroxylation sites is 1. The van der Waals surface area contributed by atoms with Crippen LogP contribution in [0, 0.1) is 0 Å². The molecule has 0 N–H and O–H groups in total. The minimum absolute atomic E-state index is 0.419. The molecule has 1 aliphatic rings. The van der Waals surface area contributed by atoms with Crippen LogP contribution in [0.5, 0.6) is 0 Å². The number of hydrogen-bond acceptors (Lipinski definition) is 4. The Labute approximate surface area is 302 Å². The number of aromatic nitrogens is 2. The zero-order valence-electron chi connectivity index (χ0n) is 29.2. The first-order chi connectivity index (χ1) is 26.2. The average Bonchev–Trinajstić information content (AvgIpc) is 3.61. The van der Waals surface area contributed by atoms with E-state index in [0.717, 1.165) is 70.4 Å². The molecule has 1 atom stereocenters. The van der Waals surface area contributed by atoms with E-state index in [2.05, 4.69) is 120 Å². The highest BCUT2D eigenvalue weighted by atomic mass is 32.1. The molecule has 8 aromatic carbocycles. The second-order valence-corrected chi connectivity index (χ2v) is 15.8. The molecule has 3 heterocycles. The van der Waals surface area contributed by atoms with E-state index in [1.165, 1.54) is 20.9 Å². The molecule has 0 bridgehead atoms. The van der Waals surface area contributed by atoms with Crippen LogP contribution in [0.15, 0.2) is 170 Å². The molecule has 3 nitrogen and oxygen atoms in total. The number of thiophene rings is 1. The standard InChI is InChI=1S/C46H28N3PS/c1-3-16-30(17-4-1)43-35-23-11-13-25-37(35)47-46(48-43)49-44-42(34-22-10-9-21-33(34)40-36-24-12-14-26-39(36)51-45(40)44)41-32-20-8-7-15-29(32)27-28-38(41)50(49)31-18-5-2-6-19-31/h1-28H/i15D,28D. The first-order valence-corrected chi connectivity index (χ1v) is 19.1. The summed E-state index contributed by atoms with van der Waals surface area (Å²) in [6.45, 7) is 0. The number of rotatable bonds is 3. The Hall–Kier alpha value is -5.93. The lowest BCUT2D eigenvalue weighted by atomic mass is 9.90. The molecule has 0 saturated carbocycles. The molecular weight excluding hydrogens is 658 g/mol. The summed E-state index contributed by atoms with van der Waals surface area (Å²) in [5.41, 5.74) is 5.91. The highest BCUT2D eigenvalue weighted by Crippen LogP contribution is 2.62.